The topological polar surface area (TPSA) is 18.5 Å². The van der Waals surface area contributed by atoms with Gasteiger partial charge in [-0.15, -0.1) is 0 Å². The van der Waals surface area contributed by atoms with Crippen molar-refractivity contribution in [2.75, 3.05) is 14.2 Å². The van der Waals surface area contributed by atoms with Gasteiger partial charge < -0.3 is 9.47 Å². The molecule has 0 fully saturated rings. The molecule has 0 spiro atoms. The van der Waals surface area contributed by atoms with E-state index in [0.717, 1.165) is 17.9 Å². The summed E-state index contributed by atoms with van der Waals surface area (Å²) in [6.45, 7) is 8.85. The van der Waals surface area contributed by atoms with Crippen molar-refractivity contribution in [2.24, 2.45) is 5.41 Å². The zero-order valence-corrected chi connectivity index (χ0v) is 13.7. The van der Waals surface area contributed by atoms with Gasteiger partial charge >= 0.3 is 0 Å². The van der Waals surface area contributed by atoms with Gasteiger partial charge in [-0.1, -0.05) is 36.7 Å². The summed E-state index contributed by atoms with van der Waals surface area (Å²) in [5, 5.41) is 0. The minimum Gasteiger partial charge on any atom is -0.493 e. The summed E-state index contributed by atoms with van der Waals surface area (Å²) >= 11 is 3.83. The van der Waals surface area contributed by atoms with Crippen molar-refractivity contribution in [3.63, 3.8) is 0 Å². The average Bonchev–Trinajstić information content (AvgIpc) is 2.37. The minimum absolute atomic E-state index is 0.199. The SMILES string of the molecule is CCC(C)(C)C(Br)c1cc(OC)c(OC)cc1C. The zero-order valence-electron chi connectivity index (χ0n) is 12.1. The maximum Gasteiger partial charge on any atom is 0.161 e. The second kappa shape index (κ2) is 5.96. The summed E-state index contributed by atoms with van der Waals surface area (Å²) in [6, 6.07) is 4.11. The summed E-state index contributed by atoms with van der Waals surface area (Å²) in [6.07, 6.45) is 1.11. The number of hydrogen-bond acceptors (Lipinski definition) is 2. The van der Waals surface area contributed by atoms with Crippen LogP contribution in [0.2, 0.25) is 0 Å². The highest BCUT2D eigenvalue weighted by molar-refractivity contribution is 9.09. The Labute approximate surface area is 119 Å². The number of ether oxygens (including phenoxy) is 2. The predicted molar refractivity (Wildman–Crippen MR) is 80.0 cm³/mol. The van der Waals surface area contributed by atoms with E-state index < -0.39 is 0 Å². The largest absolute Gasteiger partial charge is 0.493 e. The van der Waals surface area contributed by atoms with E-state index in [1.54, 1.807) is 14.2 Å². The van der Waals surface area contributed by atoms with Crippen LogP contribution in [0.4, 0.5) is 0 Å². The molecular formula is C15H23BrO2. The van der Waals surface area contributed by atoms with Crippen LogP contribution in [0.15, 0.2) is 12.1 Å². The van der Waals surface area contributed by atoms with Crippen LogP contribution < -0.4 is 9.47 Å². The summed E-state index contributed by atoms with van der Waals surface area (Å²) < 4.78 is 10.7. The molecule has 0 heterocycles. The Kier molecular flexibility index (Phi) is 5.09. The maximum absolute atomic E-state index is 5.38. The summed E-state index contributed by atoms with van der Waals surface area (Å²) in [5.74, 6) is 1.57. The van der Waals surface area contributed by atoms with Gasteiger partial charge in [0.15, 0.2) is 11.5 Å². The first kappa shape index (κ1) is 15.4. The highest BCUT2D eigenvalue weighted by Gasteiger charge is 2.28. The Morgan fingerprint density at radius 2 is 1.67 bits per heavy atom. The molecule has 1 aromatic rings. The quantitative estimate of drug-likeness (QED) is 0.721. The Morgan fingerprint density at radius 1 is 1.17 bits per heavy atom. The molecule has 1 unspecified atom stereocenters. The number of rotatable bonds is 5. The van der Waals surface area contributed by atoms with Crippen LogP contribution >= 0.6 is 15.9 Å². The van der Waals surface area contributed by atoms with Crippen molar-refractivity contribution >= 4 is 15.9 Å². The monoisotopic (exact) mass is 314 g/mol. The van der Waals surface area contributed by atoms with Crippen molar-refractivity contribution in [2.45, 2.75) is 38.9 Å². The smallest absolute Gasteiger partial charge is 0.161 e. The number of benzene rings is 1. The third-order valence-electron chi connectivity index (χ3n) is 3.64. The fourth-order valence-electron chi connectivity index (χ4n) is 1.87. The van der Waals surface area contributed by atoms with Crippen LogP contribution in [0.3, 0.4) is 0 Å². The van der Waals surface area contributed by atoms with Crippen LogP contribution in [0.25, 0.3) is 0 Å². The molecule has 0 saturated heterocycles. The second-order valence-corrected chi connectivity index (χ2v) is 6.18. The fraction of sp³-hybridized carbons (Fsp3) is 0.600. The third kappa shape index (κ3) is 3.00. The Balaban J connectivity index is 3.25. The molecule has 18 heavy (non-hydrogen) atoms. The third-order valence-corrected chi connectivity index (χ3v) is 5.38. The Bertz CT molecular complexity index is 413. The van der Waals surface area contributed by atoms with E-state index >= 15 is 0 Å². The number of methoxy groups -OCH3 is 2. The van der Waals surface area contributed by atoms with Gasteiger partial charge in [-0.2, -0.15) is 0 Å². The highest BCUT2D eigenvalue weighted by atomic mass is 79.9. The minimum atomic E-state index is 0.199. The maximum atomic E-state index is 5.38. The van der Waals surface area contributed by atoms with Gasteiger partial charge in [0.05, 0.1) is 14.2 Å². The number of aryl methyl sites for hydroxylation is 1. The molecule has 2 nitrogen and oxygen atoms in total. The standard InChI is InChI=1S/C15H23BrO2/c1-7-15(3,4)14(16)11-9-13(18-6)12(17-5)8-10(11)2/h8-9,14H,7H2,1-6H3. The summed E-state index contributed by atoms with van der Waals surface area (Å²) in [7, 11) is 3.34. The highest BCUT2D eigenvalue weighted by Crippen LogP contribution is 2.46. The van der Waals surface area contributed by atoms with E-state index in [2.05, 4.69) is 49.7 Å². The normalized spacial score (nSPS) is 13.3. The fourth-order valence-corrected chi connectivity index (χ4v) is 2.69. The molecule has 0 aliphatic rings. The molecule has 3 heteroatoms. The predicted octanol–water partition coefficient (Wildman–Crippen LogP) is 4.88. The van der Waals surface area contributed by atoms with Gasteiger partial charge in [-0.05, 0) is 42.0 Å². The van der Waals surface area contributed by atoms with E-state index in [0.29, 0.717) is 4.83 Å². The van der Waals surface area contributed by atoms with Crippen molar-refractivity contribution in [1.29, 1.82) is 0 Å². The van der Waals surface area contributed by atoms with Gasteiger partial charge in [0.2, 0.25) is 0 Å². The van der Waals surface area contributed by atoms with Gasteiger partial charge in [0.1, 0.15) is 0 Å². The van der Waals surface area contributed by atoms with Crippen molar-refractivity contribution in [3.05, 3.63) is 23.3 Å². The molecule has 0 aliphatic carbocycles. The van der Waals surface area contributed by atoms with Gasteiger partial charge in [0.25, 0.3) is 0 Å². The van der Waals surface area contributed by atoms with Crippen LogP contribution in [0.1, 0.15) is 43.1 Å². The van der Waals surface area contributed by atoms with E-state index in [9.17, 15) is 0 Å². The zero-order chi connectivity index (χ0) is 13.9. The molecule has 0 saturated carbocycles. The molecule has 0 amide bonds. The lowest BCUT2D eigenvalue weighted by molar-refractivity contribution is 0.338. The van der Waals surface area contributed by atoms with Crippen LogP contribution in [0.5, 0.6) is 11.5 Å². The lowest BCUT2D eigenvalue weighted by atomic mass is 9.82. The average molecular weight is 315 g/mol. The Hall–Kier alpha value is -0.700. The molecule has 1 rings (SSSR count). The van der Waals surface area contributed by atoms with Crippen LogP contribution in [-0.2, 0) is 0 Å². The van der Waals surface area contributed by atoms with Crippen molar-refractivity contribution < 1.29 is 9.47 Å². The molecule has 0 aromatic heterocycles. The van der Waals surface area contributed by atoms with Gasteiger partial charge in [-0.3, -0.25) is 0 Å². The van der Waals surface area contributed by atoms with Gasteiger partial charge in [0, 0.05) is 4.83 Å². The number of halogens is 1. The summed E-state index contributed by atoms with van der Waals surface area (Å²) in [5.41, 5.74) is 2.68. The number of hydrogen-bond donors (Lipinski definition) is 0. The van der Waals surface area contributed by atoms with Crippen molar-refractivity contribution in [1.82, 2.24) is 0 Å². The Morgan fingerprint density at radius 3 is 2.11 bits per heavy atom. The van der Waals surface area contributed by atoms with E-state index in [1.807, 2.05) is 6.07 Å². The molecule has 0 bridgehead atoms. The molecule has 0 aliphatic heterocycles. The van der Waals surface area contributed by atoms with E-state index in [4.69, 9.17) is 9.47 Å². The molecule has 102 valence electrons. The van der Waals surface area contributed by atoms with E-state index in [1.165, 1.54) is 11.1 Å². The molecule has 0 N–H and O–H groups in total. The van der Waals surface area contributed by atoms with Crippen LogP contribution in [-0.4, -0.2) is 14.2 Å². The lowest BCUT2D eigenvalue weighted by Gasteiger charge is -2.31. The first-order chi connectivity index (χ1) is 8.37. The second-order valence-electron chi connectivity index (χ2n) is 5.27. The number of alkyl halides is 1. The molecular weight excluding hydrogens is 292 g/mol. The lowest BCUT2D eigenvalue weighted by Crippen LogP contribution is -2.17. The first-order valence-corrected chi connectivity index (χ1v) is 7.15. The summed E-state index contributed by atoms with van der Waals surface area (Å²) in [4.78, 5) is 0.301. The molecule has 1 atom stereocenters. The van der Waals surface area contributed by atoms with Crippen LogP contribution in [0, 0.1) is 12.3 Å². The molecule has 1 aromatic carbocycles. The first-order valence-electron chi connectivity index (χ1n) is 6.24. The molecule has 0 radical (unpaired) electrons. The van der Waals surface area contributed by atoms with E-state index in [-0.39, 0.29) is 5.41 Å². The van der Waals surface area contributed by atoms with Gasteiger partial charge in [-0.25, -0.2) is 0 Å². The van der Waals surface area contributed by atoms with Crippen molar-refractivity contribution in [3.8, 4) is 11.5 Å².